The minimum absolute atomic E-state index is 0.165. The summed E-state index contributed by atoms with van der Waals surface area (Å²) in [6.07, 6.45) is 14.5. The van der Waals surface area contributed by atoms with E-state index in [0.29, 0.717) is 31.9 Å². The zero-order valence-electron chi connectivity index (χ0n) is 28.8. The van der Waals surface area contributed by atoms with Crippen molar-refractivity contribution in [1.29, 1.82) is 0 Å². The number of carbonyl (C=O) groups excluding carboxylic acids is 3. The standard InChI is InChI=1S/C39H57N5O4/c45-37(40-22-27-43-23-10-5-11-24-43)35(29-32-18-20-34(21-19-32)48-30-33-16-8-4-9-17-33)41-38(46)36(28-31-14-6-3-7-15-31)42-39(47)44-25-12-1-2-13-26-44/h4,8-9,16-21,31,35-36H,1-3,5-7,10-15,22-30H2,(H,40,45)(H,41,46)(H,42,47)/t35-,36-/m0/s1. The predicted octanol–water partition coefficient (Wildman–Crippen LogP) is 5.82. The molecule has 2 heterocycles. The lowest BCUT2D eigenvalue weighted by molar-refractivity contribution is -0.130. The zero-order chi connectivity index (χ0) is 33.4. The van der Waals surface area contributed by atoms with Crippen LogP contribution in [-0.2, 0) is 22.6 Å². The molecule has 3 fully saturated rings. The summed E-state index contributed by atoms with van der Waals surface area (Å²) in [6.45, 7) is 5.38. The number of rotatable bonds is 14. The van der Waals surface area contributed by atoms with Gasteiger partial charge in [-0.3, -0.25) is 9.59 Å². The Morgan fingerprint density at radius 2 is 1.33 bits per heavy atom. The summed E-state index contributed by atoms with van der Waals surface area (Å²) in [5.74, 6) is 0.667. The van der Waals surface area contributed by atoms with Crippen molar-refractivity contribution in [2.24, 2.45) is 5.92 Å². The first kappa shape index (κ1) is 35.7. The highest BCUT2D eigenvalue weighted by Crippen LogP contribution is 2.28. The lowest BCUT2D eigenvalue weighted by Gasteiger charge is -2.30. The molecule has 3 N–H and O–H groups in total. The van der Waals surface area contributed by atoms with Gasteiger partial charge in [-0.25, -0.2) is 4.79 Å². The second-order valence-corrected chi connectivity index (χ2v) is 14.0. The van der Waals surface area contributed by atoms with Crippen LogP contribution < -0.4 is 20.7 Å². The average Bonchev–Trinajstić information content (AvgIpc) is 3.42. The molecule has 48 heavy (non-hydrogen) atoms. The molecule has 5 rings (SSSR count). The second-order valence-electron chi connectivity index (χ2n) is 14.0. The van der Waals surface area contributed by atoms with Crippen molar-refractivity contribution in [3.05, 3.63) is 65.7 Å². The first-order chi connectivity index (χ1) is 23.5. The molecule has 9 heteroatoms. The van der Waals surface area contributed by atoms with Gasteiger partial charge in [0.15, 0.2) is 0 Å². The van der Waals surface area contributed by atoms with Crippen LogP contribution in [-0.4, -0.2) is 79.0 Å². The number of nitrogens with zero attached hydrogens (tertiary/aromatic N) is 2. The summed E-state index contributed by atoms with van der Waals surface area (Å²) in [6, 6.07) is 16.2. The molecule has 2 aliphatic heterocycles. The van der Waals surface area contributed by atoms with Gasteiger partial charge in [0.2, 0.25) is 11.8 Å². The number of hydrogen-bond donors (Lipinski definition) is 3. The van der Waals surface area contributed by atoms with Crippen LogP contribution in [0.15, 0.2) is 54.6 Å². The minimum atomic E-state index is -0.765. The van der Waals surface area contributed by atoms with Crippen molar-refractivity contribution in [3.8, 4) is 5.75 Å². The van der Waals surface area contributed by atoms with E-state index < -0.39 is 12.1 Å². The van der Waals surface area contributed by atoms with E-state index >= 15 is 0 Å². The summed E-state index contributed by atoms with van der Waals surface area (Å²) in [5.41, 5.74) is 2.02. The fourth-order valence-electron chi connectivity index (χ4n) is 7.33. The van der Waals surface area contributed by atoms with Crippen LogP contribution in [0.2, 0.25) is 0 Å². The van der Waals surface area contributed by atoms with Gasteiger partial charge in [0.25, 0.3) is 0 Å². The number of carbonyl (C=O) groups is 3. The number of benzene rings is 2. The van der Waals surface area contributed by atoms with E-state index in [4.69, 9.17) is 4.74 Å². The summed E-state index contributed by atoms with van der Waals surface area (Å²) in [7, 11) is 0. The average molecular weight is 660 g/mol. The zero-order valence-corrected chi connectivity index (χ0v) is 28.8. The van der Waals surface area contributed by atoms with Gasteiger partial charge in [0.05, 0.1) is 0 Å². The maximum Gasteiger partial charge on any atom is 0.318 e. The Labute approximate surface area is 287 Å². The molecule has 2 saturated heterocycles. The van der Waals surface area contributed by atoms with Crippen LogP contribution in [0.1, 0.15) is 94.6 Å². The van der Waals surface area contributed by atoms with Gasteiger partial charge in [0.1, 0.15) is 24.4 Å². The molecular weight excluding hydrogens is 602 g/mol. The van der Waals surface area contributed by atoms with Crippen LogP contribution in [0.25, 0.3) is 0 Å². The number of ether oxygens (including phenoxy) is 1. The Morgan fingerprint density at radius 1 is 0.688 bits per heavy atom. The highest BCUT2D eigenvalue weighted by atomic mass is 16.5. The molecular formula is C39H57N5O4. The molecule has 2 aromatic rings. The van der Waals surface area contributed by atoms with Crippen molar-refractivity contribution >= 4 is 17.8 Å². The number of urea groups is 1. The monoisotopic (exact) mass is 659 g/mol. The van der Waals surface area contributed by atoms with Gasteiger partial charge >= 0.3 is 6.03 Å². The van der Waals surface area contributed by atoms with E-state index in [9.17, 15) is 14.4 Å². The first-order valence-electron chi connectivity index (χ1n) is 18.6. The molecule has 0 aromatic heterocycles. The molecule has 4 amide bonds. The molecule has 3 aliphatic rings. The Bertz CT molecular complexity index is 1250. The van der Waals surface area contributed by atoms with E-state index in [1.54, 1.807) is 0 Å². The third-order valence-corrected chi connectivity index (χ3v) is 10.2. The van der Waals surface area contributed by atoms with Crippen molar-refractivity contribution in [2.45, 2.75) is 109 Å². The maximum atomic E-state index is 14.1. The second kappa shape index (κ2) is 19.4. The number of hydrogen-bond acceptors (Lipinski definition) is 5. The molecule has 262 valence electrons. The smallest absolute Gasteiger partial charge is 0.318 e. The Morgan fingerprint density at radius 3 is 2.04 bits per heavy atom. The molecule has 9 nitrogen and oxygen atoms in total. The fourth-order valence-corrected chi connectivity index (χ4v) is 7.33. The lowest BCUT2D eigenvalue weighted by atomic mass is 9.84. The summed E-state index contributed by atoms with van der Waals surface area (Å²) < 4.78 is 5.98. The van der Waals surface area contributed by atoms with Crippen LogP contribution in [0.5, 0.6) is 5.75 Å². The number of likely N-dealkylation sites (tertiary alicyclic amines) is 2. The van der Waals surface area contributed by atoms with Gasteiger partial charge in [-0.1, -0.05) is 93.8 Å². The van der Waals surface area contributed by atoms with Gasteiger partial charge in [-0.15, -0.1) is 0 Å². The predicted molar refractivity (Wildman–Crippen MR) is 190 cm³/mol. The quantitative estimate of drug-likeness (QED) is 0.237. The SMILES string of the molecule is O=C(NCCN1CCCCC1)[C@H](Cc1ccc(OCc2ccccc2)cc1)NC(=O)[C@H](CC1CCCCC1)NC(=O)N1CCCCCC1. The largest absolute Gasteiger partial charge is 0.489 e. The van der Waals surface area contributed by atoms with E-state index in [1.807, 2.05) is 59.5 Å². The van der Waals surface area contributed by atoms with Gasteiger partial charge in [-0.2, -0.15) is 0 Å². The molecule has 0 unspecified atom stereocenters. The Kier molecular flexibility index (Phi) is 14.4. The molecule has 0 radical (unpaired) electrons. The molecule has 0 bridgehead atoms. The lowest BCUT2D eigenvalue weighted by Crippen LogP contribution is -2.57. The van der Waals surface area contributed by atoms with Gasteiger partial charge < -0.3 is 30.5 Å². The third kappa shape index (κ3) is 11.8. The number of nitrogens with one attached hydrogen (secondary N) is 3. The van der Waals surface area contributed by atoms with E-state index in [0.717, 1.165) is 101 Å². The molecule has 2 atom stereocenters. The minimum Gasteiger partial charge on any atom is -0.489 e. The first-order valence-corrected chi connectivity index (χ1v) is 18.6. The Hall–Kier alpha value is -3.59. The van der Waals surface area contributed by atoms with Gasteiger partial charge in [-0.05, 0) is 74.4 Å². The normalized spacial score (nSPS) is 19.0. The number of piperidine rings is 1. The van der Waals surface area contributed by atoms with Crippen LogP contribution in [0, 0.1) is 5.92 Å². The van der Waals surface area contributed by atoms with E-state index in [1.165, 1.54) is 25.7 Å². The van der Waals surface area contributed by atoms with Crippen LogP contribution >= 0.6 is 0 Å². The molecule has 1 saturated carbocycles. The number of amides is 4. The fraction of sp³-hybridized carbons (Fsp3) is 0.615. The summed E-state index contributed by atoms with van der Waals surface area (Å²) >= 11 is 0. The summed E-state index contributed by atoms with van der Waals surface area (Å²) in [5, 5.41) is 9.32. The molecule has 2 aromatic carbocycles. The maximum absolute atomic E-state index is 14.1. The van der Waals surface area contributed by atoms with Crippen LogP contribution in [0.3, 0.4) is 0 Å². The van der Waals surface area contributed by atoms with Crippen molar-refractivity contribution < 1.29 is 19.1 Å². The van der Waals surface area contributed by atoms with Crippen molar-refractivity contribution in [2.75, 3.05) is 39.3 Å². The highest BCUT2D eigenvalue weighted by molar-refractivity contribution is 5.92. The topological polar surface area (TPSA) is 103 Å². The molecule has 0 spiro atoms. The molecule has 1 aliphatic carbocycles. The highest BCUT2D eigenvalue weighted by Gasteiger charge is 2.31. The van der Waals surface area contributed by atoms with Crippen LogP contribution in [0.4, 0.5) is 4.79 Å². The van der Waals surface area contributed by atoms with Crippen molar-refractivity contribution in [1.82, 2.24) is 25.8 Å². The Balaban J connectivity index is 1.25. The van der Waals surface area contributed by atoms with E-state index in [-0.39, 0.29) is 17.8 Å². The summed E-state index contributed by atoms with van der Waals surface area (Å²) in [4.78, 5) is 45.4. The van der Waals surface area contributed by atoms with Crippen molar-refractivity contribution in [3.63, 3.8) is 0 Å². The van der Waals surface area contributed by atoms with E-state index in [2.05, 4.69) is 20.9 Å². The third-order valence-electron chi connectivity index (χ3n) is 10.2. The van der Waals surface area contributed by atoms with Gasteiger partial charge in [0, 0.05) is 32.6 Å².